The van der Waals surface area contributed by atoms with Gasteiger partial charge < -0.3 is 0 Å². The largest absolute Gasteiger partial charge is 0.274 e. The highest BCUT2D eigenvalue weighted by Crippen LogP contribution is 2.34. The van der Waals surface area contributed by atoms with Crippen LogP contribution in [0.5, 0.6) is 0 Å². The number of carbonyl (C=O) groups excluding carboxylic acids is 2. The lowest BCUT2D eigenvalue weighted by atomic mass is 9.92. The van der Waals surface area contributed by atoms with Crippen LogP contribution in [0.3, 0.4) is 0 Å². The summed E-state index contributed by atoms with van der Waals surface area (Å²) in [6.07, 6.45) is 1.50. The van der Waals surface area contributed by atoms with E-state index in [-0.39, 0.29) is 17.9 Å². The van der Waals surface area contributed by atoms with Crippen LogP contribution in [0, 0.1) is 0 Å². The number of carbonyl (C=O) groups is 2. The Morgan fingerprint density at radius 1 is 0.909 bits per heavy atom. The van der Waals surface area contributed by atoms with Crippen molar-refractivity contribution in [3.63, 3.8) is 0 Å². The van der Waals surface area contributed by atoms with Crippen LogP contribution < -0.4 is 0 Å². The molecule has 0 spiro atoms. The van der Waals surface area contributed by atoms with Gasteiger partial charge in [0, 0.05) is 12.8 Å². The minimum atomic E-state index is -0.320. The zero-order valence-electron chi connectivity index (χ0n) is 12.7. The quantitative estimate of drug-likeness (QED) is 0.809. The normalized spacial score (nSPS) is 16.1. The van der Waals surface area contributed by atoms with Gasteiger partial charge in [-0.1, -0.05) is 61.5 Å². The molecule has 0 N–H and O–H groups in total. The average Bonchev–Trinajstić information content (AvgIpc) is 2.89. The topological polar surface area (TPSA) is 37.4 Å². The molecule has 1 unspecified atom stereocenters. The predicted molar refractivity (Wildman–Crippen MR) is 85.2 cm³/mol. The van der Waals surface area contributed by atoms with Gasteiger partial charge in [0.2, 0.25) is 11.8 Å². The summed E-state index contributed by atoms with van der Waals surface area (Å²) >= 11 is 0. The van der Waals surface area contributed by atoms with Crippen LogP contribution in [0.4, 0.5) is 0 Å². The summed E-state index contributed by atoms with van der Waals surface area (Å²) in [6, 6.07) is 17.5. The molecule has 1 aliphatic rings. The molecule has 2 aromatic rings. The number of amides is 2. The number of likely N-dealkylation sites (tertiary alicyclic amines) is 1. The minimum Gasteiger partial charge on any atom is -0.274 e. The van der Waals surface area contributed by atoms with Crippen LogP contribution in [0.2, 0.25) is 0 Å². The van der Waals surface area contributed by atoms with Gasteiger partial charge in [0.25, 0.3) is 0 Å². The number of aryl methyl sites for hydroxylation is 1. The summed E-state index contributed by atoms with van der Waals surface area (Å²) in [5, 5.41) is 0. The number of hydrogen-bond donors (Lipinski definition) is 0. The van der Waals surface area contributed by atoms with Gasteiger partial charge in [-0.15, -0.1) is 0 Å². The van der Waals surface area contributed by atoms with E-state index in [0.29, 0.717) is 12.8 Å². The maximum absolute atomic E-state index is 12.3. The lowest BCUT2D eigenvalue weighted by Crippen LogP contribution is -2.34. The third-order valence-corrected chi connectivity index (χ3v) is 4.19. The lowest BCUT2D eigenvalue weighted by molar-refractivity contribution is -0.140. The highest BCUT2D eigenvalue weighted by Gasteiger charge is 2.37. The van der Waals surface area contributed by atoms with E-state index >= 15 is 0 Å². The molecule has 1 fully saturated rings. The Hall–Kier alpha value is -2.42. The second kappa shape index (κ2) is 6.14. The summed E-state index contributed by atoms with van der Waals surface area (Å²) in [7, 11) is 0. The molecule has 0 bridgehead atoms. The molecule has 0 aromatic heterocycles. The van der Waals surface area contributed by atoms with Crippen molar-refractivity contribution in [2.24, 2.45) is 0 Å². The molecule has 0 aliphatic carbocycles. The molecular weight excluding hydrogens is 274 g/mol. The van der Waals surface area contributed by atoms with Gasteiger partial charge in [0.05, 0.1) is 6.04 Å². The van der Waals surface area contributed by atoms with Gasteiger partial charge in [0.1, 0.15) is 0 Å². The smallest absolute Gasteiger partial charge is 0.230 e. The molecule has 2 amide bonds. The number of hydrogen-bond acceptors (Lipinski definition) is 2. The van der Waals surface area contributed by atoms with Gasteiger partial charge in [-0.3, -0.25) is 14.5 Å². The van der Waals surface area contributed by atoms with Crippen molar-refractivity contribution in [2.45, 2.75) is 32.2 Å². The Balaban J connectivity index is 2.15. The van der Waals surface area contributed by atoms with Crippen molar-refractivity contribution in [3.05, 3.63) is 71.3 Å². The molecule has 0 radical (unpaired) electrons. The summed E-state index contributed by atoms with van der Waals surface area (Å²) in [5.74, 6) is -0.158. The number of nitrogens with zero attached hydrogens (tertiary/aromatic N) is 1. The van der Waals surface area contributed by atoms with Gasteiger partial charge in [-0.25, -0.2) is 0 Å². The van der Waals surface area contributed by atoms with Gasteiger partial charge in [0.15, 0.2) is 0 Å². The number of rotatable bonds is 4. The molecule has 1 heterocycles. The van der Waals surface area contributed by atoms with E-state index in [9.17, 15) is 9.59 Å². The molecule has 1 atom stereocenters. The Morgan fingerprint density at radius 2 is 1.50 bits per heavy atom. The minimum absolute atomic E-state index is 0.0789. The van der Waals surface area contributed by atoms with Crippen molar-refractivity contribution >= 4 is 11.8 Å². The second-order valence-electron chi connectivity index (χ2n) is 5.52. The molecule has 22 heavy (non-hydrogen) atoms. The first kappa shape index (κ1) is 14.5. The van der Waals surface area contributed by atoms with E-state index in [0.717, 1.165) is 17.5 Å². The first-order valence-electron chi connectivity index (χ1n) is 7.70. The second-order valence-corrected chi connectivity index (χ2v) is 5.52. The third kappa shape index (κ3) is 2.54. The maximum Gasteiger partial charge on any atom is 0.230 e. The highest BCUT2D eigenvalue weighted by atomic mass is 16.2. The van der Waals surface area contributed by atoms with E-state index in [1.165, 1.54) is 10.5 Å². The van der Waals surface area contributed by atoms with Crippen LogP contribution in [-0.4, -0.2) is 16.7 Å². The number of imide groups is 1. The third-order valence-electron chi connectivity index (χ3n) is 4.19. The summed E-state index contributed by atoms with van der Waals surface area (Å²) in [6.45, 7) is 2.09. The van der Waals surface area contributed by atoms with E-state index in [1.54, 1.807) is 0 Å². The fourth-order valence-electron chi connectivity index (χ4n) is 3.11. The van der Waals surface area contributed by atoms with Crippen LogP contribution >= 0.6 is 0 Å². The molecule has 3 rings (SSSR count). The Morgan fingerprint density at radius 3 is 2.14 bits per heavy atom. The van der Waals surface area contributed by atoms with Crippen molar-refractivity contribution in [3.8, 4) is 0 Å². The highest BCUT2D eigenvalue weighted by molar-refractivity contribution is 6.02. The zero-order chi connectivity index (χ0) is 15.5. The summed E-state index contributed by atoms with van der Waals surface area (Å²) in [4.78, 5) is 26.0. The first-order valence-corrected chi connectivity index (χ1v) is 7.70. The molecule has 2 aromatic carbocycles. The maximum atomic E-state index is 12.3. The summed E-state index contributed by atoms with van der Waals surface area (Å²) in [5.41, 5.74) is 3.19. The average molecular weight is 293 g/mol. The molecule has 0 saturated carbocycles. The molecule has 3 heteroatoms. The van der Waals surface area contributed by atoms with E-state index < -0.39 is 0 Å². The predicted octanol–water partition coefficient (Wildman–Crippen LogP) is 3.49. The molecular formula is C19H19NO2. The fraction of sp³-hybridized carbons (Fsp3) is 0.263. The van der Waals surface area contributed by atoms with E-state index in [4.69, 9.17) is 0 Å². The van der Waals surface area contributed by atoms with Crippen LogP contribution in [0.1, 0.15) is 42.5 Å². The SMILES string of the molecule is CCc1ccccc1C(c1ccccc1)N1C(=O)CCC1=O. The Bertz CT molecular complexity index is 678. The van der Waals surface area contributed by atoms with Gasteiger partial charge in [-0.05, 0) is 23.1 Å². The van der Waals surface area contributed by atoms with Gasteiger partial charge >= 0.3 is 0 Å². The zero-order valence-corrected chi connectivity index (χ0v) is 12.7. The van der Waals surface area contributed by atoms with Gasteiger partial charge in [-0.2, -0.15) is 0 Å². The standard InChI is InChI=1S/C19H19NO2/c1-2-14-8-6-7-11-16(14)19(15-9-4-3-5-10-15)20-17(21)12-13-18(20)22/h3-11,19H,2,12-13H2,1H3. The first-order chi connectivity index (χ1) is 10.7. The molecule has 1 saturated heterocycles. The molecule has 1 aliphatic heterocycles. The Labute approximate surface area is 130 Å². The number of benzene rings is 2. The van der Waals surface area contributed by atoms with Crippen LogP contribution in [0.25, 0.3) is 0 Å². The summed E-state index contributed by atoms with van der Waals surface area (Å²) < 4.78 is 0. The molecule has 112 valence electrons. The van der Waals surface area contributed by atoms with Crippen LogP contribution in [-0.2, 0) is 16.0 Å². The van der Waals surface area contributed by atoms with Crippen molar-refractivity contribution in [1.29, 1.82) is 0 Å². The monoisotopic (exact) mass is 293 g/mol. The Kier molecular flexibility index (Phi) is 4.05. The van der Waals surface area contributed by atoms with E-state index in [1.807, 2.05) is 48.5 Å². The van der Waals surface area contributed by atoms with E-state index in [2.05, 4.69) is 13.0 Å². The van der Waals surface area contributed by atoms with Crippen molar-refractivity contribution in [2.75, 3.05) is 0 Å². The van der Waals surface area contributed by atoms with Crippen molar-refractivity contribution in [1.82, 2.24) is 4.90 Å². The molecule has 3 nitrogen and oxygen atoms in total. The lowest BCUT2D eigenvalue weighted by Gasteiger charge is -2.28. The van der Waals surface area contributed by atoms with Crippen molar-refractivity contribution < 1.29 is 9.59 Å². The fourth-order valence-corrected chi connectivity index (χ4v) is 3.11. The van der Waals surface area contributed by atoms with Crippen LogP contribution in [0.15, 0.2) is 54.6 Å².